The van der Waals surface area contributed by atoms with E-state index < -0.39 is 0 Å². The largest absolute Gasteiger partial charge is 0.311 e. The minimum absolute atomic E-state index is 0.389. The van der Waals surface area contributed by atoms with Gasteiger partial charge in [-0.15, -0.1) is 5.10 Å². The molecule has 2 rings (SSSR count). The number of rotatable bonds is 4. The van der Waals surface area contributed by atoms with E-state index in [4.69, 9.17) is 0 Å². The van der Waals surface area contributed by atoms with Gasteiger partial charge in [0.05, 0.1) is 17.9 Å². The Bertz CT molecular complexity index is 339. The van der Waals surface area contributed by atoms with E-state index in [0.29, 0.717) is 11.5 Å². The van der Waals surface area contributed by atoms with Gasteiger partial charge in [0.2, 0.25) is 0 Å². The molecule has 1 aromatic rings. The molecule has 0 spiro atoms. The molecule has 1 heterocycles. The van der Waals surface area contributed by atoms with Crippen molar-refractivity contribution in [3.63, 3.8) is 0 Å². The Hall–Kier alpha value is -0.900. The first kappa shape index (κ1) is 11.6. The van der Waals surface area contributed by atoms with Gasteiger partial charge in [-0.2, -0.15) is 0 Å². The molecule has 0 bridgehead atoms. The summed E-state index contributed by atoms with van der Waals surface area (Å²) < 4.78 is 1.90. The standard InChI is InChI=1S/C12H22N4/c1-4-12(7-5-6-8-12)11(13-2)10-9-14-15-16(10)3/h9,11,13H,4-8H2,1-3H3. The van der Waals surface area contributed by atoms with Gasteiger partial charge in [0, 0.05) is 7.05 Å². The van der Waals surface area contributed by atoms with Crippen LogP contribution in [0.1, 0.15) is 50.8 Å². The zero-order valence-electron chi connectivity index (χ0n) is 10.5. The summed E-state index contributed by atoms with van der Waals surface area (Å²) in [5.74, 6) is 0. The predicted octanol–water partition coefficient (Wildman–Crippen LogP) is 2.05. The third-order valence-corrected chi connectivity index (χ3v) is 4.25. The van der Waals surface area contributed by atoms with Crippen molar-refractivity contribution in [3.05, 3.63) is 11.9 Å². The Balaban J connectivity index is 2.31. The monoisotopic (exact) mass is 222 g/mol. The highest BCUT2D eigenvalue weighted by Crippen LogP contribution is 2.49. The molecule has 1 saturated carbocycles. The van der Waals surface area contributed by atoms with Crippen LogP contribution in [-0.4, -0.2) is 22.0 Å². The smallest absolute Gasteiger partial charge is 0.0758 e. The van der Waals surface area contributed by atoms with E-state index in [1.54, 1.807) is 0 Å². The van der Waals surface area contributed by atoms with Gasteiger partial charge in [-0.1, -0.05) is 25.0 Å². The Labute approximate surface area is 97.4 Å². The first-order valence-electron chi connectivity index (χ1n) is 6.25. The third-order valence-electron chi connectivity index (χ3n) is 4.25. The van der Waals surface area contributed by atoms with Crippen molar-refractivity contribution in [1.82, 2.24) is 20.3 Å². The second kappa shape index (κ2) is 4.53. The summed E-state index contributed by atoms with van der Waals surface area (Å²) in [6.07, 6.45) is 8.48. The van der Waals surface area contributed by atoms with Gasteiger partial charge in [0.1, 0.15) is 0 Å². The highest BCUT2D eigenvalue weighted by Gasteiger charge is 2.41. The maximum absolute atomic E-state index is 4.05. The summed E-state index contributed by atoms with van der Waals surface area (Å²) in [6, 6.07) is 0.389. The van der Waals surface area contributed by atoms with Gasteiger partial charge in [0.25, 0.3) is 0 Å². The molecule has 0 aromatic carbocycles. The Morgan fingerprint density at radius 1 is 1.50 bits per heavy atom. The molecule has 1 unspecified atom stereocenters. The maximum atomic E-state index is 4.05. The second-order valence-corrected chi connectivity index (χ2v) is 4.93. The van der Waals surface area contributed by atoms with Crippen molar-refractivity contribution in [2.24, 2.45) is 12.5 Å². The van der Waals surface area contributed by atoms with Crippen molar-refractivity contribution >= 4 is 0 Å². The number of aryl methyl sites for hydroxylation is 1. The molecule has 0 aliphatic heterocycles. The zero-order chi connectivity index (χ0) is 11.6. The van der Waals surface area contributed by atoms with Crippen LogP contribution in [0, 0.1) is 5.41 Å². The van der Waals surface area contributed by atoms with Crippen LogP contribution in [0.25, 0.3) is 0 Å². The summed E-state index contributed by atoms with van der Waals surface area (Å²) in [4.78, 5) is 0. The van der Waals surface area contributed by atoms with E-state index in [-0.39, 0.29) is 0 Å². The van der Waals surface area contributed by atoms with Gasteiger partial charge in [-0.05, 0) is 31.7 Å². The van der Waals surface area contributed by atoms with Crippen molar-refractivity contribution in [3.8, 4) is 0 Å². The molecule has 1 aromatic heterocycles. The van der Waals surface area contributed by atoms with Crippen LogP contribution < -0.4 is 5.32 Å². The highest BCUT2D eigenvalue weighted by atomic mass is 15.4. The normalized spacial score (nSPS) is 21.2. The zero-order valence-corrected chi connectivity index (χ0v) is 10.5. The molecule has 4 nitrogen and oxygen atoms in total. The summed E-state index contributed by atoms with van der Waals surface area (Å²) in [5.41, 5.74) is 1.62. The predicted molar refractivity (Wildman–Crippen MR) is 64.0 cm³/mol. The van der Waals surface area contributed by atoms with Gasteiger partial charge in [0.15, 0.2) is 0 Å². The molecule has 1 fully saturated rings. The van der Waals surface area contributed by atoms with Crippen LogP contribution in [0.2, 0.25) is 0 Å². The van der Waals surface area contributed by atoms with Crippen LogP contribution in [0.4, 0.5) is 0 Å². The number of nitrogens with one attached hydrogen (secondary N) is 1. The first-order chi connectivity index (χ1) is 7.73. The fraction of sp³-hybridized carbons (Fsp3) is 0.833. The summed E-state index contributed by atoms with van der Waals surface area (Å²) in [5, 5.41) is 11.5. The van der Waals surface area contributed by atoms with E-state index in [9.17, 15) is 0 Å². The lowest BCUT2D eigenvalue weighted by atomic mass is 9.75. The van der Waals surface area contributed by atoms with Crippen molar-refractivity contribution in [2.45, 2.75) is 45.1 Å². The molecule has 0 amide bonds. The minimum atomic E-state index is 0.389. The summed E-state index contributed by atoms with van der Waals surface area (Å²) in [7, 11) is 4.03. The maximum Gasteiger partial charge on any atom is 0.0758 e. The van der Waals surface area contributed by atoms with Crippen LogP contribution in [0.15, 0.2) is 6.20 Å². The van der Waals surface area contributed by atoms with Crippen molar-refractivity contribution < 1.29 is 0 Å². The van der Waals surface area contributed by atoms with E-state index in [0.717, 1.165) is 0 Å². The average Bonchev–Trinajstić information content (AvgIpc) is 2.91. The van der Waals surface area contributed by atoms with Crippen LogP contribution in [-0.2, 0) is 7.05 Å². The van der Waals surface area contributed by atoms with Crippen LogP contribution in [0.3, 0.4) is 0 Å². The van der Waals surface area contributed by atoms with Gasteiger partial charge >= 0.3 is 0 Å². The lowest BCUT2D eigenvalue weighted by molar-refractivity contribution is 0.187. The fourth-order valence-corrected chi connectivity index (χ4v) is 3.25. The minimum Gasteiger partial charge on any atom is -0.311 e. The molecule has 1 aliphatic carbocycles. The molecule has 90 valence electrons. The van der Waals surface area contributed by atoms with E-state index in [2.05, 4.69) is 22.6 Å². The molecule has 4 heteroatoms. The number of nitrogens with zero attached hydrogens (tertiary/aromatic N) is 3. The summed E-state index contributed by atoms with van der Waals surface area (Å²) in [6.45, 7) is 2.31. The molecule has 0 radical (unpaired) electrons. The average molecular weight is 222 g/mol. The third kappa shape index (κ3) is 1.75. The Kier molecular flexibility index (Phi) is 3.28. The lowest BCUT2D eigenvalue weighted by Gasteiger charge is -2.36. The quantitative estimate of drug-likeness (QED) is 0.847. The van der Waals surface area contributed by atoms with Gasteiger partial charge < -0.3 is 5.32 Å². The number of hydrogen-bond acceptors (Lipinski definition) is 3. The Morgan fingerprint density at radius 2 is 2.19 bits per heavy atom. The molecule has 0 saturated heterocycles. The molecule has 16 heavy (non-hydrogen) atoms. The summed E-state index contributed by atoms with van der Waals surface area (Å²) >= 11 is 0. The van der Waals surface area contributed by atoms with Crippen LogP contribution >= 0.6 is 0 Å². The Morgan fingerprint density at radius 3 is 2.62 bits per heavy atom. The molecular formula is C12H22N4. The van der Waals surface area contributed by atoms with E-state index in [1.165, 1.54) is 37.8 Å². The molecule has 1 atom stereocenters. The van der Waals surface area contributed by atoms with Crippen LogP contribution in [0.5, 0.6) is 0 Å². The first-order valence-corrected chi connectivity index (χ1v) is 6.25. The second-order valence-electron chi connectivity index (χ2n) is 4.93. The number of hydrogen-bond donors (Lipinski definition) is 1. The fourth-order valence-electron chi connectivity index (χ4n) is 3.25. The van der Waals surface area contributed by atoms with Gasteiger partial charge in [-0.25, -0.2) is 0 Å². The highest BCUT2D eigenvalue weighted by molar-refractivity contribution is 5.09. The van der Waals surface area contributed by atoms with Crippen molar-refractivity contribution in [1.29, 1.82) is 0 Å². The van der Waals surface area contributed by atoms with Gasteiger partial charge in [-0.3, -0.25) is 4.68 Å². The van der Waals surface area contributed by atoms with E-state index in [1.807, 2.05) is 25.0 Å². The molecule has 1 N–H and O–H groups in total. The van der Waals surface area contributed by atoms with Crippen molar-refractivity contribution in [2.75, 3.05) is 7.05 Å². The topological polar surface area (TPSA) is 42.7 Å². The molecule has 1 aliphatic rings. The number of aromatic nitrogens is 3. The van der Waals surface area contributed by atoms with E-state index >= 15 is 0 Å². The lowest BCUT2D eigenvalue weighted by Crippen LogP contribution is -2.35. The SMILES string of the molecule is CCC1(C(NC)c2cnnn2C)CCCC1. The molecular weight excluding hydrogens is 200 g/mol.